The number of benzene rings is 2. The van der Waals surface area contributed by atoms with Gasteiger partial charge >= 0.3 is 0 Å². The zero-order valence-electron chi connectivity index (χ0n) is 16.4. The Hall–Kier alpha value is -2.99. The van der Waals surface area contributed by atoms with Gasteiger partial charge in [0, 0.05) is 25.5 Å². The Bertz CT molecular complexity index is 1040. The number of Topliss-reactive ketones (excluding diaryl/α,β-unsaturated/α-hetero) is 1. The molecule has 4 rings (SSSR count). The van der Waals surface area contributed by atoms with E-state index in [0.717, 1.165) is 16.3 Å². The first-order valence-corrected chi connectivity index (χ1v) is 9.90. The number of aliphatic hydroxyl groups is 1. The number of fused-ring (bicyclic) bond motifs is 1. The molecule has 2 atom stereocenters. The van der Waals surface area contributed by atoms with Crippen LogP contribution < -0.4 is 0 Å². The monoisotopic (exact) mass is 392 g/mol. The molecule has 0 aliphatic carbocycles. The highest BCUT2D eigenvalue weighted by molar-refractivity contribution is 5.91. The number of hydrogen-bond donors (Lipinski definition) is 1. The molecule has 2 heterocycles. The summed E-state index contributed by atoms with van der Waals surface area (Å²) in [4.78, 5) is 27.1. The summed E-state index contributed by atoms with van der Waals surface area (Å²) in [7, 11) is 0. The minimum absolute atomic E-state index is 0.0171. The van der Waals surface area contributed by atoms with Crippen molar-refractivity contribution in [1.29, 1.82) is 0 Å². The van der Waals surface area contributed by atoms with Crippen LogP contribution in [0.3, 0.4) is 0 Å². The molecule has 1 fully saturated rings. The van der Waals surface area contributed by atoms with E-state index in [9.17, 15) is 14.7 Å². The lowest BCUT2D eigenvalue weighted by Crippen LogP contribution is -2.41. The molecule has 6 heteroatoms. The predicted molar refractivity (Wildman–Crippen MR) is 108 cm³/mol. The van der Waals surface area contributed by atoms with Gasteiger partial charge in [-0.25, -0.2) is 0 Å². The smallest absolute Gasteiger partial charge is 0.231 e. The van der Waals surface area contributed by atoms with Crippen molar-refractivity contribution in [3.05, 3.63) is 65.5 Å². The minimum Gasteiger partial charge on any atom is -0.391 e. The highest BCUT2D eigenvalue weighted by Gasteiger charge is 2.38. The van der Waals surface area contributed by atoms with Gasteiger partial charge in [-0.15, -0.1) is 0 Å². The Morgan fingerprint density at radius 3 is 2.79 bits per heavy atom. The Balaban J connectivity index is 1.44. The number of hydrogen-bond acceptors (Lipinski definition) is 5. The van der Waals surface area contributed by atoms with E-state index in [1.54, 1.807) is 13.0 Å². The fourth-order valence-corrected chi connectivity index (χ4v) is 4.08. The molecule has 1 aliphatic rings. The van der Waals surface area contributed by atoms with Gasteiger partial charge in [-0.3, -0.25) is 9.59 Å². The van der Waals surface area contributed by atoms with Crippen LogP contribution >= 0.6 is 0 Å². The number of aliphatic hydroxyl groups excluding tert-OH is 1. The molecule has 1 saturated heterocycles. The third-order valence-electron chi connectivity index (χ3n) is 5.49. The number of aryl methyl sites for hydroxylation is 2. The van der Waals surface area contributed by atoms with E-state index >= 15 is 0 Å². The van der Waals surface area contributed by atoms with Crippen molar-refractivity contribution in [2.45, 2.75) is 44.8 Å². The first-order valence-electron chi connectivity index (χ1n) is 9.90. The van der Waals surface area contributed by atoms with Crippen LogP contribution in [0.4, 0.5) is 0 Å². The second-order valence-corrected chi connectivity index (χ2v) is 7.67. The highest BCUT2D eigenvalue weighted by Crippen LogP contribution is 2.24. The van der Waals surface area contributed by atoms with Crippen molar-refractivity contribution >= 4 is 22.5 Å². The van der Waals surface area contributed by atoms with Crippen LogP contribution in [0.1, 0.15) is 29.9 Å². The topological polar surface area (TPSA) is 83.6 Å². The van der Waals surface area contributed by atoms with Gasteiger partial charge in [0.25, 0.3) is 0 Å². The largest absolute Gasteiger partial charge is 0.391 e. The average Bonchev–Trinajstić information content (AvgIpc) is 3.31. The molecular weight excluding hydrogens is 368 g/mol. The summed E-state index contributed by atoms with van der Waals surface area (Å²) >= 11 is 0. The van der Waals surface area contributed by atoms with Crippen LogP contribution in [0.5, 0.6) is 0 Å². The first kappa shape index (κ1) is 19.3. The van der Waals surface area contributed by atoms with E-state index in [4.69, 9.17) is 4.52 Å². The molecule has 150 valence electrons. The third-order valence-corrected chi connectivity index (χ3v) is 5.49. The van der Waals surface area contributed by atoms with Gasteiger partial charge in [0.05, 0.1) is 24.3 Å². The Labute approximate surface area is 169 Å². The van der Waals surface area contributed by atoms with E-state index in [0.29, 0.717) is 24.3 Å². The van der Waals surface area contributed by atoms with Gasteiger partial charge in [0.2, 0.25) is 5.91 Å². The minimum atomic E-state index is -0.679. The SMILES string of the molecule is Cc1cc(CC(=O)N2C[C@H](O)C[C@H]2C(=O)CCc2cccc3ccccc23)on1. The summed E-state index contributed by atoms with van der Waals surface area (Å²) in [6.07, 6.45) is 0.588. The van der Waals surface area contributed by atoms with Crippen molar-refractivity contribution in [3.8, 4) is 0 Å². The summed E-state index contributed by atoms with van der Waals surface area (Å²) in [5.74, 6) is 0.230. The molecule has 3 aromatic rings. The van der Waals surface area contributed by atoms with Gasteiger partial charge in [0.15, 0.2) is 5.78 Å². The summed E-state index contributed by atoms with van der Waals surface area (Å²) in [5.41, 5.74) is 1.82. The summed E-state index contributed by atoms with van der Waals surface area (Å²) in [5, 5.41) is 16.2. The molecule has 6 nitrogen and oxygen atoms in total. The molecule has 0 unspecified atom stereocenters. The Morgan fingerprint density at radius 1 is 1.21 bits per heavy atom. The number of rotatable bonds is 6. The zero-order valence-corrected chi connectivity index (χ0v) is 16.4. The van der Waals surface area contributed by atoms with E-state index < -0.39 is 12.1 Å². The maximum Gasteiger partial charge on any atom is 0.231 e. The normalized spacial score (nSPS) is 19.0. The van der Waals surface area contributed by atoms with E-state index in [-0.39, 0.29) is 31.1 Å². The number of carbonyl (C=O) groups excluding carboxylic acids is 2. The molecule has 0 spiro atoms. The van der Waals surface area contributed by atoms with Gasteiger partial charge in [-0.2, -0.15) is 0 Å². The number of β-amino-alcohol motifs (C(OH)–C–C–N with tert-alkyl or cyclic N) is 1. The molecular formula is C23H24N2O4. The van der Waals surface area contributed by atoms with E-state index in [1.807, 2.05) is 24.3 Å². The molecule has 0 radical (unpaired) electrons. The fourth-order valence-electron chi connectivity index (χ4n) is 4.08. The number of aromatic nitrogens is 1. The van der Waals surface area contributed by atoms with E-state index in [2.05, 4.69) is 23.4 Å². The number of likely N-dealkylation sites (tertiary alicyclic amines) is 1. The van der Waals surface area contributed by atoms with Crippen molar-refractivity contribution in [1.82, 2.24) is 10.1 Å². The quantitative estimate of drug-likeness (QED) is 0.697. The van der Waals surface area contributed by atoms with Crippen molar-refractivity contribution < 1.29 is 19.2 Å². The molecule has 1 aromatic heterocycles. The number of amides is 1. The van der Waals surface area contributed by atoms with E-state index in [1.165, 1.54) is 4.90 Å². The predicted octanol–water partition coefficient (Wildman–Crippen LogP) is 2.84. The summed E-state index contributed by atoms with van der Waals surface area (Å²) in [6, 6.07) is 15.3. The van der Waals surface area contributed by atoms with Crippen LogP contribution in [0.15, 0.2) is 53.1 Å². The van der Waals surface area contributed by atoms with Gasteiger partial charge < -0.3 is 14.5 Å². The lowest BCUT2D eigenvalue weighted by atomic mass is 9.97. The Morgan fingerprint density at radius 2 is 2.00 bits per heavy atom. The van der Waals surface area contributed by atoms with Gasteiger partial charge in [-0.05, 0) is 29.7 Å². The first-order chi connectivity index (χ1) is 14.0. The molecule has 1 amide bonds. The maximum atomic E-state index is 12.9. The van der Waals surface area contributed by atoms with Crippen LogP contribution in [-0.4, -0.2) is 45.5 Å². The van der Waals surface area contributed by atoms with Crippen LogP contribution in [0.25, 0.3) is 10.8 Å². The molecule has 1 N–H and O–H groups in total. The maximum absolute atomic E-state index is 12.9. The van der Waals surface area contributed by atoms with Crippen molar-refractivity contribution in [2.75, 3.05) is 6.54 Å². The molecule has 2 aromatic carbocycles. The van der Waals surface area contributed by atoms with Crippen LogP contribution in [-0.2, 0) is 22.4 Å². The van der Waals surface area contributed by atoms with Crippen LogP contribution in [0, 0.1) is 6.92 Å². The summed E-state index contributed by atoms with van der Waals surface area (Å²) in [6.45, 7) is 1.97. The fraction of sp³-hybridized carbons (Fsp3) is 0.348. The summed E-state index contributed by atoms with van der Waals surface area (Å²) < 4.78 is 5.12. The number of ketones is 1. The van der Waals surface area contributed by atoms with Crippen LogP contribution in [0.2, 0.25) is 0 Å². The second-order valence-electron chi connectivity index (χ2n) is 7.67. The van der Waals surface area contributed by atoms with Gasteiger partial charge in [0.1, 0.15) is 5.76 Å². The van der Waals surface area contributed by atoms with Gasteiger partial charge in [-0.1, -0.05) is 47.6 Å². The Kier molecular flexibility index (Phi) is 5.45. The molecule has 29 heavy (non-hydrogen) atoms. The number of nitrogens with zero attached hydrogens (tertiary/aromatic N) is 2. The molecule has 0 saturated carbocycles. The zero-order chi connectivity index (χ0) is 20.4. The average molecular weight is 392 g/mol. The lowest BCUT2D eigenvalue weighted by molar-refractivity contribution is -0.137. The third kappa shape index (κ3) is 4.22. The number of carbonyl (C=O) groups is 2. The van der Waals surface area contributed by atoms with Crippen molar-refractivity contribution in [3.63, 3.8) is 0 Å². The second kappa shape index (κ2) is 8.17. The van der Waals surface area contributed by atoms with Crippen molar-refractivity contribution in [2.24, 2.45) is 0 Å². The molecule has 1 aliphatic heterocycles. The standard InChI is InChI=1S/C23H24N2O4/c1-15-11-19(29-24-15)13-23(28)25-14-18(26)12-21(25)22(27)10-9-17-7-4-6-16-5-2-3-8-20(16)17/h2-8,11,18,21,26H,9-10,12-14H2,1H3/t18-,21+/m1/s1. The highest BCUT2D eigenvalue weighted by atomic mass is 16.5. The lowest BCUT2D eigenvalue weighted by Gasteiger charge is -2.23. The molecule has 0 bridgehead atoms.